The molecule has 0 aliphatic heterocycles. The third-order valence-electron chi connectivity index (χ3n) is 27.1. The Hall–Kier alpha value is -17.1. The molecule has 7 aromatic heterocycles. The summed E-state index contributed by atoms with van der Waals surface area (Å²) in [5.74, 6) is 1.42. The Balaban J connectivity index is 0.000000137. The van der Waals surface area contributed by atoms with Crippen molar-refractivity contribution < 1.29 is 0 Å². The largest absolute Gasteiger partial charge is 0.309 e. The van der Waals surface area contributed by atoms with Crippen LogP contribution in [0.25, 0.3) is 238 Å². The highest BCUT2D eigenvalue weighted by Crippen LogP contribution is 2.54. The third kappa shape index (κ3) is 11.7. The van der Waals surface area contributed by atoms with Gasteiger partial charge in [-0.3, -0.25) is 0 Å². The van der Waals surface area contributed by atoms with Gasteiger partial charge in [0.2, 0.25) is 0 Å². The highest BCUT2D eigenvalue weighted by molar-refractivity contribution is 6.25. The number of fused-ring (bicyclic) bond motifs is 22. The molecule has 27 rings (SSSR count). The van der Waals surface area contributed by atoms with E-state index in [1.54, 1.807) is 0 Å². The summed E-state index contributed by atoms with van der Waals surface area (Å²) in [6.45, 7) is 4.77. The summed E-state index contributed by atoms with van der Waals surface area (Å²) in [6, 6.07) is 160. The lowest BCUT2D eigenvalue weighted by Gasteiger charge is -2.23. The predicted molar refractivity (Wildman–Crippen MR) is 541 cm³/mol. The van der Waals surface area contributed by atoms with Crippen molar-refractivity contribution in [2.45, 2.75) is 19.3 Å². The zero-order chi connectivity index (χ0) is 85.8. The molecular weight excluding hydrogens is 1580 g/mol. The Labute approximate surface area is 748 Å². The van der Waals surface area contributed by atoms with Gasteiger partial charge in [0, 0.05) is 121 Å². The molecule has 1 aliphatic rings. The quantitative estimate of drug-likeness (QED) is 0.129. The van der Waals surface area contributed by atoms with Gasteiger partial charge < -0.3 is 22.8 Å². The molecule has 608 valence electrons. The van der Waals surface area contributed by atoms with Crippen LogP contribution in [0.4, 0.5) is 0 Å². The number of para-hydroxylation sites is 8. The molecular formula is C121H79N9. The molecule has 9 nitrogen and oxygen atoms in total. The van der Waals surface area contributed by atoms with Crippen LogP contribution in [0.5, 0.6) is 0 Å². The molecule has 0 N–H and O–H groups in total. The van der Waals surface area contributed by atoms with E-state index in [2.05, 4.69) is 455 Å². The van der Waals surface area contributed by atoms with E-state index in [0.717, 1.165) is 94.9 Å². The number of hydrogen-bond donors (Lipinski definition) is 0. The Morgan fingerprint density at radius 1 is 0.185 bits per heavy atom. The summed E-state index contributed by atoms with van der Waals surface area (Å²) >= 11 is 0. The second kappa shape index (κ2) is 29.5. The van der Waals surface area contributed by atoms with E-state index in [1.807, 2.05) is 24.3 Å². The summed E-state index contributed by atoms with van der Waals surface area (Å²) in [5.41, 5.74) is 35.2. The van der Waals surface area contributed by atoms with E-state index in [0.29, 0.717) is 11.6 Å². The Morgan fingerprint density at radius 3 is 0.915 bits per heavy atom. The second-order valence-corrected chi connectivity index (χ2v) is 34.7. The van der Waals surface area contributed by atoms with Crippen LogP contribution in [0, 0.1) is 0 Å². The molecule has 9 heteroatoms. The van der Waals surface area contributed by atoms with Crippen LogP contribution in [0.1, 0.15) is 25.0 Å². The van der Waals surface area contributed by atoms with Crippen LogP contribution in [0.2, 0.25) is 0 Å². The van der Waals surface area contributed by atoms with Crippen molar-refractivity contribution in [2.24, 2.45) is 0 Å². The first-order chi connectivity index (χ1) is 64.3. The number of aromatic nitrogens is 9. The van der Waals surface area contributed by atoms with Crippen LogP contribution in [-0.4, -0.2) is 42.8 Å². The fourth-order valence-corrected chi connectivity index (χ4v) is 21.2. The van der Waals surface area contributed by atoms with Gasteiger partial charge in [-0.1, -0.05) is 293 Å². The number of hydrogen-bond acceptors (Lipinski definition) is 4. The molecule has 0 amide bonds. The van der Waals surface area contributed by atoms with Gasteiger partial charge in [0.25, 0.3) is 0 Å². The zero-order valence-electron chi connectivity index (χ0n) is 71.2. The van der Waals surface area contributed by atoms with Crippen molar-refractivity contribution in [3.05, 3.63) is 454 Å². The van der Waals surface area contributed by atoms with E-state index >= 15 is 0 Å². The maximum absolute atomic E-state index is 5.21. The van der Waals surface area contributed by atoms with Gasteiger partial charge in [0.1, 0.15) is 0 Å². The molecule has 0 saturated heterocycles. The SMILES string of the molecule is CC1(C)c2ccccc2-c2ccc3c4cc(-c5ccc6c(c5)c5ccccc5n6-c5ccccc5)ccc4n(-c4ccc(-c5nc(-c6ccccc6)c6ccccc6n5)cc4)c3c21.c1ccc(-c2nc(-c3ccc(-n4c5ccc(-c6ccc7c(c6)c6ccccc6n7-c6ccccc6)cc5c5ccc6c7ccccc7n(-c7ccccc7)c6c54)cc3)nc3ccccc23)cc1. The van der Waals surface area contributed by atoms with Crippen LogP contribution < -0.4 is 0 Å². The average molecular weight is 1660 g/mol. The third-order valence-corrected chi connectivity index (χ3v) is 27.1. The van der Waals surface area contributed by atoms with Gasteiger partial charge in [0.15, 0.2) is 11.6 Å². The van der Waals surface area contributed by atoms with Gasteiger partial charge >= 0.3 is 0 Å². The minimum atomic E-state index is -0.203. The molecule has 0 spiro atoms. The maximum Gasteiger partial charge on any atom is 0.160 e. The predicted octanol–water partition coefficient (Wildman–Crippen LogP) is 31.1. The fraction of sp³-hybridized carbons (Fsp3) is 0.0248. The van der Waals surface area contributed by atoms with E-state index < -0.39 is 0 Å². The molecule has 26 aromatic rings. The number of rotatable bonds is 11. The topological polar surface area (TPSA) is 76.2 Å². The number of nitrogens with zero attached hydrogens (tertiary/aromatic N) is 9. The van der Waals surface area contributed by atoms with E-state index in [1.165, 1.54) is 143 Å². The Morgan fingerprint density at radius 2 is 0.477 bits per heavy atom. The monoisotopic (exact) mass is 1660 g/mol. The minimum absolute atomic E-state index is 0.203. The smallest absolute Gasteiger partial charge is 0.160 e. The average Bonchev–Trinajstić information content (AvgIpc) is 1.53. The van der Waals surface area contributed by atoms with Gasteiger partial charge in [-0.25, -0.2) is 19.9 Å². The van der Waals surface area contributed by atoms with Crippen molar-refractivity contribution in [3.63, 3.8) is 0 Å². The van der Waals surface area contributed by atoms with Gasteiger partial charge in [0.05, 0.1) is 77.6 Å². The van der Waals surface area contributed by atoms with Crippen molar-refractivity contribution in [3.8, 4) is 107 Å². The standard InChI is InChI=1S/C62H39N5.C59H40N4/c1-4-16-40(17-5-1)59-51-24-10-13-25-54(51)63-62(64-59)41-28-32-46(33-29-41)67-58-37-31-43(42-30-36-57-52(38-42)48-23-12-14-26-55(48)65(57)44-18-6-2-7-19-44)39-53(58)50-35-34-49-47-22-11-15-27-56(47)66(60(49)61(50)67)45-20-8-3-9-21-45;1-59(2)50-22-12-9-19-43(50)45-31-32-46-49-36-40(39-27-33-53-48(35-39)44-20-11-14-24-52(44)62(53)41-17-7-4-8-18-41)28-34-54(49)63(57(46)55(45)59)42-29-25-38(26-30-42)58-60-51-23-13-10-21-47(51)56(61-58)37-15-5-3-6-16-37/h1-39H;3-36H,1-2H3. The molecule has 0 unspecified atom stereocenters. The Kier molecular flexibility index (Phi) is 16.9. The first-order valence-electron chi connectivity index (χ1n) is 44.6. The van der Waals surface area contributed by atoms with Crippen LogP contribution in [0.15, 0.2) is 443 Å². The molecule has 0 radical (unpaired) electrons. The summed E-state index contributed by atoms with van der Waals surface area (Å²) in [5, 5.41) is 14.4. The van der Waals surface area contributed by atoms with Crippen molar-refractivity contribution >= 4 is 131 Å². The van der Waals surface area contributed by atoms with E-state index in [4.69, 9.17) is 19.9 Å². The molecule has 0 fully saturated rings. The van der Waals surface area contributed by atoms with Gasteiger partial charge in [-0.05, 0) is 208 Å². The van der Waals surface area contributed by atoms with Crippen LogP contribution in [-0.2, 0) is 5.41 Å². The molecule has 0 saturated carbocycles. The maximum atomic E-state index is 5.21. The highest BCUT2D eigenvalue weighted by Gasteiger charge is 2.39. The molecule has 0 bridgehead atoms. The summed E-state index contributed by atoms with van der Waals surface area (Å²) < 4.78 is 12.2. The molecule has 7 heterocycles. The zero-order valence-corrected chi connectivity index (χ0v) is 71.2. The molecule has 130 heavy (non-hydrogen) atoms. The second-order valence-electron chi connectivity index (χ2n) is 34.7. The van der Waals surface area contributed by atoms with Crippen molar-refractivity contribution in [1.82, 2.24) is 42.8 Å². The van der Waals surface area contributed by atoms with Gasteiger partial charge in [-0.2, -0.15) is 0 Å². The van der Waals surface area contributed by atoms with Crippen molar-refractivity contribution in [2.75, 3.05) is 0 Å². The summed E-state index contributed by atoms with van der Waals surface area (Å²) in [6.07, 6.45) is 0. The van der Waals surface area contributed by atoms with Crippen LogP contribution >= 0.6 is 0 Å². The van der Waals surface area contributed by atoms with Crippen LogP contribution in [0.3, 0.4) is 0 Å². The lowest BCUT2D eigenvalue weighted by atomic mass is 9.81. The summed E-state index contributed by atoms with van der Waals surface area (Å²) in [7, 11) is 0. The highest BCUT2D eigenvalue weighted by atomic mass is 15.1. The molecule has 19 aromatic carbocycles. The van der Waals surface area contributed by atoms with Crippen molar-refractivity contribution in [1.29, 1.82) is 0 Å². The van der Waals surface area contributed by atoms with Gasteiger partial charge in [-0.15, -0.1) is 0 Å². The normalized spacial score (nSPS) is 12.4. The van der Waals surface area contributed by atoms with E-state index in [-0.39, 0.29) is 5.41 Å². The fourth-order valence-electron chi connectivity index (χ4n) is 21.2. The first kappa shape index (κ1) is 74.3. The lowest BCUT2D eigenvalue weighted by Crippen LogP contribution is -2.16. The van der Waals surface area contributed by atoms with E-state index in [9.17, 15) is 0 Å². The first-order valence-corrected chi connectivity index (χ1v) is 44.6. The molecule has 0 atom stereocenters. The minimum Gasteiger partial charge on any atom is -0.309 e. The Bertz CT molecular complexity index is 9100. The summed E-state index contributed by atoms with van der Waals surface area (Å²) in [4.78, 5) is 20.6. The lowest BCUT2D eigenvalue weighted by molar-refractivity contribution is 0.664. The molecule has 1 aliphatic carbocycles. The number of benzene rings is 19.